The van der Waals surface area contributed by atoms with Crippen LogP contribution in [0.15, 0.2) is 42.5 Å². The van der Waals surface area contributed by atoms with Crippen LogP contribution in [0.4, 0.5) is 0 Å². The summed E-state index contributed by atoms with van der Waals surface area (Å²) < 4.78 is 33.5. The molecule has 3 aliphatic rings. The Morgan fingerprint density at radius 2 is 1.40 bits per heavy atom. The summed E-state index contributed by atoms with van der Waals surface area (Å²) in [5, 5.41) is 0. The third-order valence-corrected chi connectivity index (χ3v) is 7.98. The number of epoxide rings is 2. The highest BCUT2D eigenvalue weighted by molar-refractivity contribution is 5.90. The minimum absolute atomic E-state index is 0.128. The van der Waals surface area contributed by atoms with E-state index in [-0.39, 0.29) is 18.2 Å². The van der Waals surface area contributed by atoms with Gasteiger partial charge in [0.1, 0.15) is 42.7 Å². The van der Waals surface area contributed by atoms with Gasteiger partial charge in [-0.25, -0.2) is 4.79 Å². The molecule has 40 heavy (non-hydrogen) atoms. The van der Waals surface area contributed by atoms with E-state index in [1.54, 1.807) is 18.2 Å². The lowest BCUT2D eigenvalue weighted by Gasteiger charge is -2.28. The quantitative estimate of drug-likeness (QED) is 0.122. The van der Waals surface area contributed by atoms with Gasteiger partial charge in [-0.3, -0.25) is 0 Å². The van der Waals surface area contributed by atoms with Crippen molar-refractivity contribution in [3.05, 3.63) is 53.6 Å². The third kappa shape index (κ3) is 9.41. The Labute approximate surface area is 238 Å². The van der Waals surface area contributed by atoms with Crippen molar-refractivity contribution in [2.45, 2.75) is 82.8 Å². The molecule has 3 fully saturated rings. The Hall–Kier alpha value is -2.77. The molecule has 0 aromatic heterocycles. The summed E-state index contributed by atoms with van der Waals surface area (Å²) in [6.45, 7) is 5.64. The van der Waals surface area contributed by atoms with E-state index in [0.717, 1.165) is 30.9 Å². The monoisotopic (exact) mass is 552 g/mol. The van der Waals surface area contributed by atoms with Crippen molar-refractivity contribution in [1.29, 1.82) is 0 Å². The molecule has 5 rings (SSSR count). The van der Waals surface area contributed by atoms with Crippen molar-refractivity contribution >= 4 is 5.97 Å². The highest BCUT2D eigenvalue weighted by Crippen LogP contribution is 2.38. The van der Waals surface area contributed by atoms with E-state index in [2.05, 4.69) is 31.2 Å². The molecule has 2 aromatic carbocycles. The van der Waals surface area contributed by atoms with Crippen LogP contribution in [0, 0.1) is 5.92 Å². The van der Waals surface area contributed by atoms with Gasteiger partial charge in [-0.15, -0.1) is 0 Å². The number of hydrogen-bond donors (Lipinski definition) is 0. The first-order valence-electron chi connectivity index (χ1n) is 15.2. The molecule has 0 bridgehead atoms. The van der Waals surface area contributed by atoms with E-state index < -0.39 is 0 Å². The van der Waals surface area contributed by atoms with Crippen LogP contribution < -0.4 is 14.2 Å². The standard InChI is InChI=1S/C33H44O7/c1-2-6-24-7-9-25(10-8-24)26-11-13-28(14-12-26)35-15-4-3-5-16-36-33(34)27-17-29(37-20-31-22-39-31)19-30(18-27)38-21-32-23-40-32/h11-14,17-19,24-25,31-32H,2-10,15-16,20-23H2,1H3. The SMILES string of the molecule is CCCC1CCC(c2ccc(OCCCCCOC(=O)c3cc(OCC4CO4)cc(OCC4CO4)c3)cc2)CC1. The molecule has 0 amide bonds. The van der Waals surface area contributed by atoms with Crippen LogP contribution >= 0.6 is 0 Å². The van der Waals surface area contributed by atoms with E-state index in [1.165, 1.54) is 44.1 Å². The lowest BCUT2D eigenvalue weighted by molar-refractivity contribution is 0.0496. The minimum Gasteiger partial charge on any atom is -0.494 e. The van der Waals surface area contributed by atoms with Crippen molar-refractivity contribution in [3.8, 4) is 17.2 Å². The Kier molecular flexibility index (Phi) is 10.6. The number of benzene rings is 2. The van der Waals surface area contributed by atoms with Gasteiger partial charge < -0.3 is 28.4 Å². The molecule has 2 aliphatic heterocycles. The van der Waals surface area contributed by atoms with Crippen LogP contribution in [0.3, 0.4) is 0 Å². The fourth-order valence-electron chi connectivity index (χ4n) is 5.41. The minimum atomic E-state index is -0.379. The van der Waals surface area contributed by atoms with Gasteiger partial charge in [0, 0.05) is 6.07 Å². The maximum absolute atomic E-state index is 12.7. The summed E-state index contributed by atoms with van der Waals surface area (Å²) in [5.41, 5.74) is 1.87. The predicted octanol–water partition coefficient (Wildman–Crippen LogP) is 6.72. The lowest BCUT2D eigenvalue weighted by atomic mass is 9.77. The van der Waals surface area contributed by atoms with E-state index in [9.17, 15) is 4.79 Å². The summed E-state index contributed by atoms with van der Waals surface area (Å²) in [6, 6.07) is 13.9. The molecule has 2 aromatic rings. The van der Waals surface area contributed by atoms with Crippen LogP contribution in [0.2, 0.25) is 0 Å². The summed E-state index contributed by atoms with van der Waals surface area (Å²) in [4.78, 5) is 12.7. The number of rotatable bonds is 17. The number of hydrogen-bond acceptors (Lipinski definition) is 7. The smallest absolute Gasteiger partial charge is 0.338 e. The van der Waals surface area contributed by atoms with Gasteiger partial charge in [0.2, 0.25) is 0 Å². The summed E-state index contributed by atoms with van der Waals surface area (Å²) in [7, 11) is 0. The first-order chi connectivity index (χ1) is 19.7. The molecule has 0 radical (unpaired) electrons. The van der Waals surface area contributed by atoms with Gasteiger partial charge in [-0.1, -0.05) is 31.9 Å². The predicted molar refractivity (Wildman–Crippen MR) is 153 cm³/mol. The number of unbranched alkanes of at least 4 members (excludes halogenated alkanes) is 2. The first kappa shape index (κ1) is 28.7. The molecule has 7 heteroatoms. The molecule has 1 saturated carbocycles. The second-order valence-corrected chi connectivity index (χ2v) is 11.3. The molecule has 2 heterocycles. The van der Waals surface area contributed by atoms with E-state index in [4.69, 9.17) is 28.4 Å². The Balaban J connectivity index is 0.974. The van der Waals surface area contributed by atoms with E-state index in [1.807, 2.05) is 0 Å². The highest BCUT2D eigenvalue weighted by atomic mass is 16.6. The Morgan fingerprint density at radius 3 is 2.00 bits per heavy atom. The van der Waals surface area contributed by atoms with Crippen molar-refractivity contribution in [3.63, 3.8) is 0 Å². The molecular formula is C33H44O7. The van der Waals surface area contributed by atoms with Crippen molar-refractivity contribution in [2.24, 2.45) is 5.92 Å². The lowest BCUT2D eigenvalue weighted by Crippen LogP contribution is -2.13. The zero-order valence-corrected chi connectivity index (χ0v) is 23.8. The molecule has 2 atom stereocenters. The average Bonchev–Trinajstić information content (AvgIpc) is 3.91. The van der Waals surface area contributed by atoms with Gasteiger partial charge in [0.15, 0.2) is 0 Å². The second-order valence-electron chi connectivity index (χ2n) is 11.3. The van der Waals surface area contributed by atoms with E-state index in [0.29, 0.717) is 62.6 Å². The van der Waals surface area contributed by atoms with Crippen LogP contribution in [0.1, 0.15) is 86.6 Å². The van der Waals surface area contributed by atoms with Gasteiger partial charge in [-0.05, 0) is 86.6 Å². The molecule has 2 unspecified atom stereocenters. The van der Waals surface area contributed by atoms with Crippen LogP contribution in [0.5, 0.6) is 17.2 Å². The highest BCUT2D eigenvalue weighted by Gasteiger charge is 2.25. The molecule has 0 N–H and O–H groups in total. The third-order valence-electron chi connectivity index (χ3n) is 7.98. The van der Waals surface area contributed by atoms with Crippen LogP contribution in [0.25, 0.3) is 0 Å². The summed E-state index contributed by atoms with van der Waals surface area (Å²) in [5.74, 6) is 3.33. The zero-order valence-electron chi connectivity index (χ0n) is 23.8. The fraction of sp³-hybridized carbons (Fsp3) is 0.606. The van der Waals surface area contributed by atoms with Crippen molar-refractivity contribution in [2.75, 3.05) is 39.6 Å². The maximum Gasteiger partial charge on any atom is 0.338 e. The first-order valence-corrected chi connectivity index (χ1v) is 15.2. The number of carbonyl (C=O) groups excluding carboxylic acids is 1. The summed E-state index contributed by atoms with van der Waals surface area (Å²) in [6.07, 6.45) is 10.9. The Morgan fingerprint density at radius 1 is 0.775 bits per heavy atom. The normalized spacial score (nSPS) is 23.3. The van der Waals surface area contributed by atoms with Gasteiger partial charge in [0.05, 0.1) is 32.0 Å². The number of carbonyl (C=O) groups is 1. The molecule has 2 saturated heterocycles. The number of esters is 1. The maximum atomic E-state index is 12.7. The van der Waals surface area contributed by atoms with Crippen molar-refractivity contribution < 1.29 is 33.2 Å². The van der Waals surface area contributed by atoms with Crippen LogP contribution in [-0.4, -0.2) is 57.8 Å². The number of ether oxygens (including phenoxy) is 6. The average molecular weight is 553 g/mol. The zero-order chi connectivity index (χ0) is 27.6. The van der Waals surface area contributed by atoms with Gasteiger partial charge >= 0.3 is 5.97 Å². The molecule has 7 nitrogen and oxygen atoms in total. The van der Waals surface area contributed by atoms with Crippen LogP contribution in [-0.2, 0) is 14.2 Å². The summed E-state index contributed by atoms with van der Waals surface area (Å²) >= 11 is 0. The van der Waals surface area contributed by atoms with E-state index >= 15 is 0 Å². The van der Waals surface area contributed by atoms with Gasteiger partial charge in [0.25, 0.3) is 0 Å². The second kappa shape index (κ2) is 14.7. The Bertz CT molecular complexity index is 1020. The molecular weight excluding hydrogens is 508 g/mol. The fourth-order valence-corrected chi connectivity index (χ4v) is 5.41. The topological polar surface area (TPSA) is 79.1 Å². The molecule has 0 spiro atoms. The largest absolute Gasteiger partial charge is 0.494 e. The molecule has 218 valence electrons. The van der Waals surface area contributed by atoms with Gasteiger partial charge in [-0.2, -0.15) is 0 Å². The van der Waals surface area contributed by atoms with Crippen molar-refractivity contribution in [1.82, 2.24) is 0 Å². The molecule has 1 aliphatic carbocycles.